The van der Waals surface area contributed by atoms with Gasteiger partial charge in [-0.25, -0.2) is 4.79 Å². The molecule has 2 N–H and O–H groups in total. The van der Waals surface area contributed by atoms with Gasteiger partial charge in [0.1, 0.15) is 0 Å². The number of carbonyl (C=O) groups is 2. The minimum atomic E-state index is -0.804. The number of carbonyl (C=O) groups excluding carboxylic acids is 2. The summed E-state index contributed by atoms with van der Waals surface area (Å²) in [5.74, 6) is -0.297. The van der Waals surface area contributed by atoms with Crippen LogP contribution in [0.15, 0.2) is 24.3 Å². The van der Waals surface area contributed by atoms with Crippen molar-refractivity contribution in [2.75, 3.05) is 13.1 Å². The number of nitrogens with zero attached hydrogens (tertiary/aromatic N) is 2. The summed E-state index contributed by atoms with van der Waals surface area (Å²) in [5.41, 5.74) is 3.31. The maximum absolute atomic E-state index is 11.6. The lowest BCUT2D eigenvalue weighted by Crippen LogP contribution is -2.39. The third-order valence-corrected chi connectivity index (χ3v) is 4.27. The number of amides is 3. The van der Waals surface area contributed by atoms with Gasteiger partial charge < -0.3 is 15.0 Å². The van der Waals surface area contributed by atoms with Crippen molar-refractivity contribution in [1.82, 2.24) is 14.8 Å². The highest BCUT2D eigenvalue weighted by molar-refractivity contribution is 6.01. The van der Waals surface area contributed by atoms with Gasteiger partial charge in [-0.2, -0.15) is 0 Å². The van der Waals surface area contributed by atoms with E-state index in [1.165, 1.54) is 5.56 Å². The van der Waals surface area contributed by atoms with Crippen molar-refractivity contribution in [3.05, 3.63) is 35.5 Å². The van der Waals surface area contributed by atoms with Crippen LogP contribution in [0.25, 0.3) is 10.9 Å². The first-order chi connectivity index (χ1) is 10.5. The highest BCUT2D eigenvalue weighted by Gasteiger charge is 2.30. The molecule has 3 amide bonds. The highest BCUT2D eigenvalue weighted by Crippen LogP contribution is 2.25. The van der Waals surface area contributed by atoms with E-state index in [1.54, 1.807) is 0 Å². The maximum Gasteiger partial charge on any atom is 0.324 e. The lowest BCUT2D eigenvalue weighted by Gasteiger charge is -2.19. The van der Waals surface area contributed by atoms with Gasteiger partial charge in [-0.1, -0.05) is 18.2 Å². The molecule has 2 heterocycles. The van der Waals surface area contributed by atoms with E-state index in [2.05, 4.69) is 18.3 Å². The van der Waals surface area contributed by atoms with E-state index in [4.69, 9.17) is 0 Å². The maximum atomic E-state index is 11.6. The van der Waals surface area contributed by atoms with Gasteiger partial charge in [-0.05, 0) is 25.5 Å². The molecule has 1 fully saturated rings. The molecule has 1 atom stereocenters. The summed E-state index contributed by atoms with van der Waals surface area (Å²) >= 11 is 0. The summed E-state index contributed by atoms with van der Waals surface area (Å²) in [6.07, 6.45) is -0.804. The van der Waals surface area contributed by atoms with Crippen molar-refractivity contribution in [2.24, 2.45) is 0 Å². The lowest BCUT2D eigenvalue weighted by molar-refractivity contribution is -0.126. The number of benzene rings is 1. The van der Waals surface area contributed by atoms with Gasteiger partial charge in [0.25, 0.3) is 0 Å². The Bertz CT molecular complexity index is 734. The Morgan fingerprint density at radius 1 is 1.23 bits per heavy atom. The second kappa shape index (κ2) is 5.46. The van der Waals surface area contributed by atoms with E-state index in [1.807, 2.05) is 29.7 Å². The predicted molar refractivity (Wildman–Crippen MR) is 82.5 cm³/mol. The van der Waals surface area contributed by atoms with Crippen LogP contribution in [-0.4, -0.2) is 45.7 Å². The summed E-state index contributed by atoms with van der Waals surface area (Å²) in [5, 5.41) is 13.9. The molecular weight excluding hydrogens is 282 g/mol. The van der Waals surface area contributed by atoms with Gasteiger partial charge in [0.2, 0.25) is 5.91 Å². The van der Waals surface area contributed by atoms with E-state index >= 15 is 0 Å². The normalized spacial score (nSPS) is 16.4. The summed E-state index contributed by atoms with van der Waals surface area (Å²) < 4.78 is 2.04. The number of fused-ring (bicyclic) bond motifs is 1. The summed E-state index contributed by atoms with van der Waals surface area (Å²) in [6, 6.07) is 7.58. The van der Waals surface area contributed by atoms with Crippen LogP contribution in [0.1, 0.15) is 11.3 Å². The SMILES string of the molecule is Cc1c(C)n(C[C@@H](O)CN2C(=O)CNC2=O)c2ccccc12. The van der Waals surface area contributed by atoms with Crippen LogP contribution in [0.3, 0.4) is 0 Å². The Kier molecular flexibility index (Phi) is 3.62. The van der Waals surface area contributed by atoms with Crippen LogP contribution in [0.2, 0.25) is 0 Å². The van der Waals surface area contributed by atoms with Crippen LogP contribution in [-0.2, 0) is 11.3 Å². The van der Waals surface area contributed by atoms with Crippen molar-refractivity contribution in [2.45, 2.75) is 26.5 Å². The van der Waals surface area contributed by atoms with Crippen LogP contribution in [0.5, 0.6) is 0 Å². The Labute approximate surface area is 128 Å². The first kappa shape index (κ1) is 14.6. The zero-order valence-corrected chi connectivity index (χ0v) is 12.7. The van der Waals surface area contributed by atoms with E-state index < -0.39 is 12.1 Å². The first-order valence-corrected chi connectivity index (χ1v) is 7.29. The molecule has 0 radical (unpaired) electrons. The highest BCUT2D eigenvalue weighted by atomic mass is 16.3. The number of aromatic nitrogens is 1. The molecule has 2 aromatic rings. The number of aliphatic hydroxyl groups is 1. The van der Waals surface area contributed by atoms with Crippen molar-refractivity contribution < 1.29 is 14.7 Å². The summed E-state index contributed by atoms with van der Waals surface area (Å²) in [4.78, 5) is 24.2. The van der Waals surface area contributed by atoms with Crippen molar-refractivity contribution in [3.63, 3.8) is 0 Å². The Balaban J connectivity index is 1.83. The van der Waals surface area contributed by atoms with E-state index in [0.717, 1.165) is 21.5 Å². The molecule has 0 bridgehead atoms. The zero-order chi connectivity index (χ0) is 15.9. The number of aliphatic hydroxyl groups excluding tert-OH is 1. The average molecular weight is 301 g/mol. The van der Waals surface area contributed by atoms with Gasteiger partial charge in [0, 0.05) is 16.6 Å². The van der Waals surface area contributed by atoms with E-state index in [0.29, 0.717) is 6.54 Å². The number of imide groups is 1. The Morgan fingerprint density at radius 3 is 2.64 bits per heavy atom. The van der Waals surface area contributed by atoms with Crippen LogP contribution in [0.4, 0.5) is 4.79 Å². The number of urea groups is 1. The lowest BCUT2D eigenvalue weighted by atomic mass is 10.2. The number of nitrogens with one attached hydrogen (secondary N) is 1. The molecule has 1 saturated heterocycles. The summed E-state index contributed by atoms with van der Waals surface area (Å²) in [7, 11) is 0. The molecule has 1 aliphatic heterocycles. The minimum absolute atomic E-state index is 0.00958. The minimum Gasteiger partial charge on any atom is -0.389 e. The summed E-state index contributed by atoms with van der Waals surface area (Å²) in [6.45, 7) is 4.43. The Morgan fingerprint density at radius 2 is 1.95 bits per heavy atom. The van der Waals surface area contributed by atoms with Gasteiger partial charge >= 0.3 is 6.03 Å². The van der Waals surface area contributed by atoms with Gasteiger partial charge in [-0.3, -0.25) is 9.69 Å². The molecule has 0 spiro atoms. The smallest absolute Gasteiger partial charge is 0.324 e. The molecule has 6 nitrogen and oxygen atoms in total. The zero-order valence-electron chi connectivity index (χ0n) is 12.7. The fourth-order valence-electron chi connectivity index (χ4n) is 2.96. The third-order valence-electron chi connectivity index (χ3n) is 4.27. The number of hydrogen-bond donors (Lipinski definition) is 2. The molecule has 0 saturated carbocycles. The molecular formula is C16H19N3O3. The monoisotopic (exact) mass is 301 g/mol. The second-order valence-electron chi connectivity index (χ2n) is 5.66. The number of β-amino-alcohol motifs (C(OH)–C–C–N with tert-alkyl or cyclic N) is 1. The molecule has 0 aliphatic carbocycles. The standard InChI is InChI=1S/C16H19N3O3/c1-10-11(2)18(14-6-4-3-5-13(10)14)8-12(20)9-19-15(21)7-17-16(19)22/h3-6,12,20H,7-9H2,1-2H3,(H,17,22)/t12-/m1/s1. The number of hydrogen-bond acceptors (Lipinski definition) is 3. The van der Waals surface area contributed by atoms with Crippen molar-refractivity contribution >= 4 is 22.8 Å². The number of rotatable bonds is 4. The quantitative estimate of drug-likeness (QED) is 0.833. The molecule has 3 rings (SSSR count). The first-order valence-electron chi connectivity index (χ1n) is 7.29. The third kappa shape index (κ3) is 2.35. The number of aryl methyl sites for hydroxylation is 1. The molecule has 1 aliphatic rings. The Hall–Kier alpha value is -2.34. The van der Waals surface area contributed by atoms with E-state index in [9.17, 15) is 14.7 Å². The average Bonchev–Trinajstić information content (AvgIpc) is 2.94. The molecule has 1 aromatic heterocycles. The largest absolute Gasteiger partial charge is 0.389 e. The molecule has 22 heavy (non-hydrogen) atoms. The molecule has 116 valence electrons. The van der Waals surface area contributed by atoms with Crippen LogP contribution < -0.4 is 5.32 Å². The number of para-hydroxylation sites is 1. The predicted octanol–water partition coefficient (Wildman–Crippen LogP) is 1.17. The fraction of sp³-hybridized carbons (Fsp3) is 0.375. The molecule has 6 heteroatoms. The van der Waals surface area contributed by atoms with Crippen molar-refractivity contribution in [3.8, 4) is 0 Å². The van der Waals surface area contributed by atoms with Gasteiger partial charge in [0.15, 0.2) is 0 Å². The topological polar surface area (TPSA) is 74.6 Å². The fourth-order valence-corrected chi connectivity index (χ4v) is 2.96. The van der Waals surface area contributed by atoms with Crippen LogP contribution >= 0.6 is 0 Å². The van der Waals surface area contributed by atoms with Gasteiger partial charge in [-0.15, -0.1) is 0 Å². The van der Waals surface area contributed by atoms with Gasteiger partial charge in [0.05, 0.1) is 25.7 Å². The second-order valence-corrected chi connectivity index (χ2v) is 5.66. The molecule has 1 aromatic carbocycles. The molecule has 0 unspecified atom stereocenters. The van der Waals surface area contributed by atoms with E-state index in [-0.39, 0.29) is 19.0 Å². The van der Waals surface area contributed by atoms with Crippen molar-refractivity contribution in [1.29, 1.82) is 0 Å². The van der Waals surface area contributed by atoms with Crippen LogP contribution in [0, 0.1) is 13.8 Å².